The van der Waals surface area contributed by atoms with Crippen molar-refractivity contribution in [2.24, 2.45) is 5.92 Å². The highest BCUT2D eigenvalue weighted by Crippen LogP contribution is 2.24. The SMILES string of the molecule is COc1ccccc1CN1CCC(=O)N(Cc2ccc(F)cc2)[C@@H](C(C)C)C1. The van der Waals surface area contributed by atoms with Crippen LogP contribution in [0.2, 0.25) is 0 Å². The fourth-order valence-electron chi connectivity index (χ4n) is 3.82. The molecule has 1 heterocycles. The molecule has 4 nitrogen and oxygen atoms in total. The highest BCUT2D eigenvalue weighted by Gasteiger charge is 2.31. The number of rotatable bonds is 6. The van der Waals surface area contributed by atoms with Crippen LogP contribution in [0.1, 0.15) is 31.4 Å². The maximum absolute atomic E-state index is 13.2. The van der Waals surface area contributed by atoms with Gasteiger partial charge in [-0.15, -0.1) is 0 Å². The molecular formula is C23H29FN2O2. The molecule has 3 rings (SSSR count). The van der Waals surface area contributed by atoms with E-state index in [0.29, 0.717) is 18.9 Å². The minimum Gasteiger partial charge on any atom is -0.496 e. The van der Waals surface area contributed by atoms with Gasteiger partial charge < -0.3 is 9.64 Å². The summed E-state index contributed by atoms with van der Waals surface area (Å²) in [4.78, 5) is 17.2. The molecule has 0 spiro atoms. The molecule has 2 aromatic rings. The zero-order valence-electron chi connectivity index (χ0n) is 16.9. The Labute approximate surface area is 166 Å². The average molecular weight is 384 g/mol. The van der Waals surface area contributed by atoms with Crippen molar-refractivity contribution in [3.63, 3.8) is 0 Å². The van der Waals surface area contributed by atoms with E-state index in [2.05, 4.69) is 24.8 Å². The van der Waals surface area contributed by atoms with Crippen molar-refractivity contribution in [3.8, 4) is 5.75 Å². The summed E-state index contributed by atoms with van der Waals surface area (Å²) in [7, 11) is 1.69. The summed E-state index contributed by atoms with van der Waals surface area (Å²) in [5.74, 6) is 1.10. The second-order valence-corrected chi connectivity index (χ2v) is 7.76. The number of amides is 1. The van der Waals surface area contributed by atoms with Gasteiger partial charge in [0.25, 0.3) is 0 Å². The number of hydrogen-bond acceptors (Lipinski definition) is 3. The number of para-hydroxylation sites is 1. The van der Waals surface area contributed by atoms with Crippen LogP contribution < -0.4 is 4.74 Å². The van der Waals surface area contributed by atoms with Crippen molar-refractivity contribution in [3.05, 3.63) is 65.5 Å². The molecular weight excluding hydrogens is 355 g/mol. The van der Waals surface area contributed by atoms with Gasteiger partial charge in [-0.3, -0.25) is 9.69 Å². The summed E-state index contributed by atoms with van der Waals surface area (Å²) in [6.07, 6.45) is 0.486. The number of carbonyl (C=O) groups is 1. The molecule has 150 valence electrons. The molecule has 5 heteroatoms. The molecule has 1 atom stereocenters. The molecule has 0 aliphatic carbocycles. The van der Waals surface area contributed by atoms with Crippen LogP contribution in [-0.2, 0) is 17.9 Å². The molecule has 2 aromatic carbocycles. The lowest BCUT2D eigenvalue weighted by Gasteiger charge is -2.35. The van der Waals surface area contributed by atoms with E-state index in [1.807, 2.05) is 23.1 Å². The first kappa shape index (κ1) is 20.3. The van der Waals surface area contributed by atoms with Crippen molar-refractivity contribution < 1.29 is 13.9 Å². The Morgan fingerprint density at radius 2 is 1.82 bits per heavy atom. The highest BCUT2D eigenvalue weighted by molar-refractivity contribution is 5.77. The standard InChI is InChI=1S/C23H29FN2O2/c1-17(2)21-16-25(15-19-6-4-5-7-22(19)28-3)13-12-23(27)26(21)14-18-8-10-20(24)11-9-18/h4-11,17,21H,12-16H2,1-3H3/t21-/m1/s1. The molecule has 1 aliphatic heterocycles. The summed E-state index contributed by atoms with van der Waals surface area (Å²) in [5.41, 5.74) is 2.09. The quantitative estimate of drug-likeness (QED) is 0.752. The van der Waals surface area contributed by atoms with Gasteiger partial charge in [-0.05, 0) is 29.7 Å². The van der Waals surface area contributed by atoms with E-state index in [0.717, 1.165) is 36.5 Å². The first-order chi connectivity index (χ1) is 13.5. The monoisotopic (exact) mass is 384 g/mol. The van der Waals surface area contributed by atoms with Crippen molar-refractivity contribution in [1.29, 1.82) is 0 Å². The smallest absolute Gasteiger partial charge is 0.224 e. The zero-order chi connectivity index (χ0) is 20.1. The predicted molar refractivity (Wildman–Crippen MR) is 108 cm³/mol. The molecule has 0 radical (unpaired) electrons. The Hall–Kier alpha value is -2.40. The Morgan fingerprint density at radius 3 is 2.50 bits per heavy atom. The molecule has 28 heavy (non-hydrogen) atoms. The van der Waals surface area contributed by atoms with E-state index >= 15 is 0 Å². The fraction of sp³-hybridized carbons (Fsp3) is 0.435. The van der Waals surface area contributed by atoms with E-state index in [1.54, 1.807) is 19.2 Å². The van der Waals surface area contributed by atoms with Gasteiger partial charge >= 0.3 is 0 Å². The molecule has 0 aromatic heterocycles. The van der Waals surface area contributed by atoms with Crippen molar-refractivity contribution in [1.82, 2.24) is 9.80 Å². The van der Waals surface area contributed by atoms with Crippen LogP contribution in [0.4, 0.5) is 4.39 Å². The number of benzene rings is 2. The van der Waals surface area contributed by atoms with Gasteiger partial charge in [0.1, 0.15) is 11.6 Å². The molecule has 0 unspecified atom stereocenters. The van der Waals surface area contributed by atoms with Gasteiger partial charge in [-0.1, -0.05) is 44.2 Å². The summed E-state index contributed by atoms with van der Waals surface area (Å²) in [6, 6.07) is 14.6. The van der Waals surface area contributed by atoms with E-state index < -0.39 is 0 Å². The van der Waals surface area contributed by atoms with Gasteiger partial charge in [0.05, 0.1) is 7.11 Å². The number of methoxy groups -OCH3 is 1. The second-order valence-electron chi connectivity index (χ2n) is 7.76. The minimum atomic E-state index is -0.255. The lowest BCUT2D eigenvalue weighted by Crippen LogP contribution is -2.45. The van der Waals surface area contributed by atoms with Crippen LogP contribution in [0.3, 0.4) is 0 Å². The molecule has 0 saturated carbocycles. The third kappa shape index (κ3) is 4.90. The van der Waals surface area contributed by atoms with Gasteiger partial charge in [0.2, 0.25) is 5.91 Å². The van der Waals surface area contributed by atoms with E-state index in [9.17, 15) is 9.18 Å². The third-order valence-electron chi connectivity index (χ3n) is 5.43. The normalized spacial score (nSPS) is 18.4. The number of nitrogens with zero attached hydrogens (tertiary/aromatic N) is 2. The Morgan fingerprint density at radius 1 is 1.11 bits per heavy atom. The Bertz CT molecular complexity index is 791. The summed E-state index contributed by atoms with van der Waals surface area (Å²) < 4.78 is 18.7. The van der Waals surface area contributed by atoms with E-state index in [-0.39, 0.29) is 17.8 Å². The number of halogens is 1. The van der Waals surface area contributed by atoms with Gasteiger partial charge in [-0.2, -0.15) is 0 Å². The van der Waals surface area contributed by atoms with Crippen LogP contribution in [-0.4, -0.2) is 41.9 Å². The van der Waals surface area contributed by atoms with Gasteiger partial charge in [0.15, 0.2) is 0 Å². The lowest BCUT2D eigenvalue weighted by atomic mass is 10.0. The topological polar surface area (TPSA) is 32.8 Å². The third-order valence-corrected chi connectivity index (χ3v) is 5.43. The van der Waals surface area contributed by atoms with Crippen molar-refractivity contribution >= 4 is 5.91 Å². The zero-order valence-corrected chi connectivity index (χ0v) is 16.9. The molecule has 0 bridgehead atoms. The molecule has 1 saturated heterocycles. The number of ether oxygens (including phenoxy) is 1. The van der Waals surface area contributed by atoms with Gasteiger partial charge in [0, 0.05) is 44.2 Å². The van der Waals surface area contributed by atoms with Crippen molar-refractivity contribution in [2.75, 3.05) is 20.2 Å². The number of carbonyl (C=O) groups excluding carboxylic acids is 1. The fourth-order valence-corrected chi connectivity index (χ4v) is 3.82. The van der Waals surface area contributed by atoms with Crippen LogP contribution in [0.5, 0.6) is 5.75 Å². The summed E-state index contributed by atoms with van der Waals surface area (Å²) >= 11 is 0. The first-order valence-corrected chi connectivity index (χ1v) is 9.86. The number of hydrogen-bond donors (Lipinski definition) is 0. The van der Waals surface area contributed by atoms with E-state index in [4.69, 9.17) is 4.74 Å². The molecule has 0 N–H and O–H groups in total. The van der Waals surface area contributed by atoms with Crippen LogP contribution >= 0.6 is 0 Å². The van der Waals surface area contributed by atoms with Crippen LogP contribution in [0, 0.1) is 11.7 Å². The minimum absolute atomic E-state index is 0.106. The molecule has 1 fully saturated rings. The van der Waals surface area contributed by atoms with Crippen molar-refractivity contribution in [2.45, 2.75) is 39.4 Å². The summed E-state index contributed by atoms with van der Waals surface area (Å²) in [5, 5.41) is 0. The first-order valence-electron chi connectivity index (χ1n) is 9.86. The Balaban J connectivity index is 1.78. The van der Waals surface area contributed by atoms with E-state index in [1.165, 1.54) is 12.1 Å². The lowest BCUT2D eigenvalue weighted by molar-refractivity contribution is -0.134. The highest BCUT2D eigenvalue weighted by atomic mass is 19.1. The second kappa shape index (κ2) is 9.20. The van der Waals surface area contributed by atoms with Crippen LogP contribution in [0.25, 0.3) is 0 Å². The maximum atomic E-state index is 13.2. The van der Waals surface area contributed by atoms with Crippen LogP contribution in [0.15, 0.2) is 48.5 Å². The predicted octanol–water partition coefficient (Wildman–Crippen LogP) is 4.09. The van der Waals surface area contributed by atoms with Gasteiger partial charge in [-0.25, -0.2) is 4.39 Å². The Kier molecular flexibility index (Phi) is 6.68. The molecule has 1 aliphatic rings. The average Bonchev–Trinajstić information content (AvgIpc) is 2.84. The largest absolute Gasteiger partial charge is 0.496 e. The summed E-state index contributed by atoms with van der Waals surface area (Å²) in [6.45, 7) is 7.11. The maximum Gasteiger partial charge on any atom is 0.224 e. The molecule has 1 amide bonds.